The zero-order valence-corrected chi connectivity index (χ0v) is 11.9. The highest BCUT2D eigenvalue weighted by atomic mass is 16.5. The van der Waals surface area contributed by atoms with Crippen molar-refractivity contribution in [2.75, 3.05) is 7.11 Å². The zero-order valence-electron chi connectivity index (χ0n) is 11.9. The first-order chi connectivity index (χ1) is 10.6. The lowest BCUT2D eigenvalue weighted by Crippen LogP contribution is -2.06. The third-order valence-corrected chi connectivity index (χ3v) is 3.49. The Morgan fingerprint density at radius 1 is 1.09 bits per heavy atom. The quantitative estimate of drug-likeness (QED) is 0.777. The van der Waals surface area contributed by atoms with Gasteiger partial charge in [-0.3, -0.25) is 4.79 Å². The highest BCUT2D eigenvalue weighted by Gasteiger charge is 2.14. The molecule has 0 aliphatic heterocycles. The van der Waals surface area contributed by atoms with Crippen molar-refractivity contribution in [2.24, 2.45) is 0 Å². The SMILES string of the molecule is COCc1c(O)ccc2c(=O)c(-c3ccc(O)cc3)coc12. The number of phenolic OH excluding ortho intramolecular Hbond substituents is 2. The number of hydrogen-bond donors (Lipinski definition) is 2. The van der Waals surface area contributed by atoms with Crippen LogP contribution in [-0.4, -0.2) is 17.3 Å². The van der Waals surface area contributed by atoms with Gasteiger partial charge in [-0.1, -0.05) is 12.1 Å². The van der Waals surface area contributed by atoms with E-state index >= 15 is 0 Å². The number of fused-ring (bicyclic) bond motifs is 1. The Balaban J connectivity index is 2.24. The maximum atomic E-state index is 12.6. The smallest absolute Gasteiger partial charge is 0.200 e. The van der Waals surface area contributed by atoms with Crippen molar-refractivity contribution in [3.05, 3.63) is 58.4 Å². The fraction of sp³-hybridized carbons (Fsp3) is 0.118. The van der Waals surface area contributed by atoms with Crippen molar-refractivity contribution in [1.29, 1.82) is 0 Å². The van der Waals surface area contributed by atoms with Crippen LogP contribution in [0.1, 0.15) is 5.56 Å². The summed E-state index contributed by atoms with van der Waals surface area (Å²) in [4.78, 5) is 12.6. The number of rotatable bonds is 3. The highest BCUT2D eigenvalue weighted by Crippen LogP contribution is 2.28. The predicted molar refractivity (Wildman–Crippen MR) is 82.0 cm³/mol. The lowest BCUT2D eigenvalue weighted by atomic mass is 10.0. The number of methoxy groups -OCH3 is 1. The van der Waals surface area contributed by atoms with E-state index < -0.39 is 0 Å². The second kappa shape index (κ2) is 5.54. The van der Waals surface area contributed by atoms with Crippen LogP contribution in [0.4, 0.5) is 0 Å². The molecule has 0 amide bonds. The van der Waals surface area contributed by atoms with E-state index in [2.05, 4.69) is 0 Å². The molecule has 22 heavy (non-hydrogen) atoms. The molecule has 3 rings (SSSR count). The van der Waals surface area contributed by atoms with Crippen LogP contribution in [0.3, 0.4) is 0 Å². The van der Waals surface area contributed by atoms with Crippen LogP contribution in [0.2, 0.25) is 0 Å². The van der Waals surface area contributed by atoms with Gasteiger partial charge in [0, 0.05) is 7.11 Å². The molecule has 5 nitrogen and oxygen atoms in total. The van der Waals surface area contributed by atoms with Crippen molar-refractivity contribution in [3.8, 4) is 22.6 Å². The van der Waals surface area contributed by atoms with Gasteiger partial charge in [0.2, 0.25) is 5.43 Å². The predicted octanol–water partition coefficient (Wildman–Crippen LogP) is 3.02. The summed E-state index contributed by atoms with van der Waals surface area (Å²) in [6.07, 6.45) is 1.36. The molecular weight excluding hydrogens is 284 g/mol. The third-order valence-electron chi connectivity index (χ3n) is 3.49. The molecule has 112 valence electrons. The zero-order chi connectivity index (χ0) is 15.7. The molecule has 0 spiro atoms. The Labute approximate surface area is 126 Å². The lowest BCUT2D eigenvalue weighted by molar-refractivity contribution is 0.182. The van der Waals surface area contributed by atoms with E-state index in [1.807, 2.05) is 0 Å². The molecule has 2 N–H and O–H groups in total. The van der Waals surface area contributed by atoms with Gasteiger partial charge in [-0.15, -0.1) is 0 Å². The molecule has 0 bridgehead atoms. The first kappa shape index (κ1) is 14.2. The summed E-state index contributed by atoms with van der Waals surface area (Å²) >= 11 is 0. The topological polar surface area (TPSA) is 79.9 Å². The van der Waals surface area contributed by atoms with Crippen LogP contribution in [0, 0.1) is 0 Å². The molecular formula is C17H14O5. The molecule has 0 saturated carbocycles. The van der Waals surface area contributed by atoms with Crippen LogP contribution in [0.25, 0.3) is 22.1 Å². The molecule has 1 heterocycles. The summed E-state index contributed by atoms with van der Waals surface area (Å²) in [7, 11) is 1.50. The average molecular weight is 298 g/mol. The van der Waals surface area contributed by atoms with Gasteiger partial charge < -0.3 is 19.4 Å². The van der Waals surface area contributed by atoms with Gasteiger partial charge in [0.15, 0.2) is 0 Å². The van der Waals surface area contributed by atoms with Crippen LogP contribution in [0.5, 0.6) is 11.5 Å². The van der Waals surface area contributed by atoms with E-state index in [1.165, 1.54) is 37.6 Å². The molecule has 3 aromatic rings. The van der Waals surface area contributed by atoms with Gasteiger partial charge in [-0.2, -0.15) is 0 Å². The Morgan fingerprint density at radius 2 is 1.82 bits per heavy atom. The molecule has 0 fully saturated rings. The Kier molecular flexibility index (Phi) is 3.56. The maximum Gasteiger partial charge on any atom is 0.200 e. The van der Waals surface area contributed by atoms with Gasteiger partial charge >= 0.3 is 0 Å². The van der Waals surface area contributed by atoms with Gasteiger partial charge in [0.05, 0.1) is 23.1 Å². The summed E-state index contributed by atoms with van der Waals surface area (Å²) in [5.41, 5.74) is 1.59. The monoisotopic (exact) mass is 298 g/mol. The first-order valence-electron chi connectivity index (χ1n) is 6.66. The Hall–Kier alpha value is -2.79. The minimum absolute atomic E-state index is 0.0230. The number of hydrogen-bond acceptors (Lipinski definition) is 5. The molecule has 2 aromatic carbocycles. The lowest BCUT2D eigenvalue weighted by Gasteiger charge is -2.08. The van der Waals surface area contributed by atoms with E-state index in [-0.39, 0.29) is 23.5 Å². The average Bonchev–Trinajstić information content (AvgIpc) is 2.52. The minimum atomic E-state index is -0.204. The largest absolute Gasteiger partial charge is 0.508 e. The van der Waals surface area contributed by atoms with Crippen LogP contribution < -0.4 is 5.43 Å². The standard InChI is InChI=1S/C17H14O5/c1-21-8-14-15(19)7-6-12-16(20)13(9-22-17(12)14)10-2-4-11(18)5-3-10/h2-7,9,18-19H,8H2,1H3. The van der Waals surface area contributed by atoms with E-state index in [9.17, 15) is 15.0 Å². The number of ether oxygens (including phenoxy) is 1. The minimum Gasteiger partial charge on any atom is -0.508 e. The fourth-order valence-corrected chi connectivity index (χ4v) is 2.37. The normalized spacial score (nSPS) is 11.0. The number of benzene rings is 2. The summed E-state index contributed by atoms with van der Waals surface area (Å²) in [5, 5.41) is 19.6. The molecule has 0 aliphatic rings. The molecule has 1 aromatic heterocycles. The molecule has 0 radical (unpaired) electrons. The Bertz CT molecular complexity index is 878. The summed E-state index contributed by atoms with van der Waals surface area (Å²) in [6.45, 7) is 0.144. The van der Waals surface area contributed by atoms with Crippen molar-refractivity contribution in [1.82, 2.24) is 0 Å². The summed E-state index contributed by atoms with van der Waals surface area (Å²) in [5.74, 6) is 0.149. The Morgan fingerprint density at radius 3 is 2.50 bits per heavy atom. The van der Waals surface area contributed by atoms with Gasteiger partial charge in [0.1, 0.15) is 23.3 Å². The number of phenols is 2. The second-order valence-electron chi connectivity index (χ2n) is 4.90. The molecule has 0 atom stereocenters. The number of aromatic hydroxyl groups is 2. The molecule has 0 unspecified atom stereocenters. The van der Waals surface area contributed by atoms with Crippen LogP contribution >= 0.6 is 0 Å². The maximum absolute atomic E-state index is 12.6. The van der Waals surface area contributed by atoms with Gasteiger partial charge in [-0.25, -0.2) is 0 Å². The van der Waals surface area contributed by atoms with E-state index in [4.69, 9.17) is 9.15 Å². The molecule has 0 aliphatic carbocycles. The van der Waals surface area contributed by atoms with Crippen LogP contribution in [0.15, 0.2) is 51.9 Å². The van der Waals surface area contributed by atoms with Gasteiger partial charge in [-0.05, 0) is 29.8 Å². The fourth-order valence-electron chi connectivity index (χ4n) is 2.37. The van der Waals surface area contributed by atoms with Crippen molar-refractivity contribution >= 4 is 11.0 Å². The third kappa shape index (κ3) is 2.31. The van der Waals surface area contributed by atoms with Crippen molar-refractivity contribution in [2.45, 2.75) is 6.61 Å². The van der Waals surface area contributed by atoms with Crippen molar-refractivity contribution in [3.63, 3.8) is 0 Å². The van der Waals surface area contributed by atoms with Crippen LogP contribution in [-0.2, 0) is 11.3 Å². The molecule has 5 heteroatoms. The molecule has 0 saturated heterocycles. The second-order valence-corrected chi connectivity index (χ2v) is 4.90. The van der Waals surface area contributed by atoms with Gasteiger partial charge in [0.25, 0.3) is 0 Å². The highest BCUT2D eigenvalue weighted by molar-refractivity contribution is 5.85. The summed E-state index contributed by atoms with van der Waals surface area (Å²) in [6, 6.07) is 9.28. The first-order valence-corrected chi connectivity index (χ1v) is 6.66. The van der Waals surface area contributed by atoms with E-state index in [0.29, 0.717) is 27.7 Å². The van der Waals surface area contributed by atoms with Crippen molar-refractivity contribution < 1.29 is 19.4 Å². The van der Waals surface area contributed by atoms with E-state index in [0.717, 1.165) is 0 Å². The van der Waals surface area contributed by atoms with E-state index in [1.54, 1.807) is 12.1 Å². The summed E-state index contributed by atoms with van der Waals surface area (Å²) < 4.78 is 10.6.